The van der Waals surface area contributed by atoms with Crippen molar-refractivity contribution in [2.45, 2.75) is 40.0 Å². The monoisotopic (exact) mass is 434 g/mol. The number of hydrogen-bond acceptors (Lipinski definition) is 7. The van der Waals surface area contributed by atoms with Gasteiger partial charge in [0, 0.05) is 5.56 Å². The Kier molecular flexibility index (Phi) is 6.96. The van der Waals surface area contributed by atoms with E-state index in [9.17, 15) is 19.1 Å². The number of fused-ring (bicyclic) bond motifs is 1. The van der Waals surface area contributed by atoms with Crippen molar-refractivity contribution in [3.63, 3.8) is 0 Å². The van der Waals surface area contributed by atoms with Crippen molar-refractivity contribution in [3.05, 3.63) is 62.3 Å². The number of rotatable bonds is 8. The van der Waals surface area contributed by atoms with Gasteiger partial charge in [-0.1, -0.05) is 18.2 Å². The van der Waals surface area contributed by atoms with Crippen LogP contribution in [0.25, 0.3) is 10.2 Å². The Labute approximate surface area is 176 Å². The van der Waals surface area contributed by atoms with Crippen molar-refractivity contribution in [2.75, 3.05) is 13.2 Å². The van der Waals surface area contributed by atoms with E-state index in [-0.39, 0.29) is 37.7 Å². The molecule has 3 rings (SSSR count). The molecule has 0 aliphatic carbocycles. The molecule has 2 heterocycles. The summed E-state index contributed by atoms with van der Waals surface area (Å²) in [5.74, 6) is -0.445. The van der Waals surface area contributed by atoms with Gasteiger partial charge in [-0.25, -0.2) is 14.2 Å². The molecule has 0 amide bonds. The minimum atomic E-state index is -0.990. The van der Waals surface area contributed by atoms with Crippen molar-refractivity contribution in [2.24, 2.45) is 0 Å². The van der Waals surface area contributed by atoms with Crippen molar-refractivity contribution < 1.29 is 23.8 Å². The lowest BCUT2D eigenvalue weighted by Crippen LogP contribution is -2.31. The van der Waals surface area contributed by atoms with Crippen LogP contribution in [0.2, 0.25) is 0 Å². The van der Waals surface area contributed by atoms with E-state index >= 15 is 0 Å². The molecule has 2 aromatic heterocycles. The minimum Gasteiger partial charge on any atom is -0.462 e. The first-order valence-corrected chi connectivity index (χ1v) is 10.3. The molecule has 0 fully saturated rings. The van der Waals surface area contributed by atoms with Gasteiger partial charge in [0.1, 0.15) is 21.3 Å². The van der Waals surface area contributed by atoms with Crippen LogP contribution >= 0.6 is 11.3 Å². The zero-order valence-electron chi connectivity index (χ0n) is 17.0. The van der Waals surface area contributed by atoms with E-state index in [0.29, 0.717) is 32.0 Å². The summed E-state index contributed by atoms with van der Waals surface area (Å²) in [6.45, 7) is 5.20. The first-order chi connectivity index (χ1) is 14.3. The number of nitrogens with zero attached hydrogens (tertiary/aromatic N) is 2. The lowest BCUT2D eigenvalue weighted by atomic mass is 10.2. The lowest BCUT2D eigenvalue weighted by molar-refractivity contribution is 0.0186. The first kappa shape index (κ1) is 22.1. The van der Waals surface area contributed by atoms with Gasteiger partial charge in [-0.05, 0) is 32.4 Å². The van der Waals surface area contributed by atoms with Gasteiger partial charge < -0.3 is 14.6 Å². The third-order valence-electron chi connectivity index (χ3n) is 4.62. The molecule has 1 aromatic carbocycles. The number of hydrogen-bond donors (Lipinski definition) is 1. The van der Waals surface area contributed by atoms with Crippen molar-refractivity contribution in [1.29, 1.82) is 0 Å². The van der Waals surface area contributed by atoms with E-state index < -0.39 is 12.1 Å². The van der Waals surface area contributed by atoms with Gasteiger partial charge in [0.05, 0.1) is 37.9 Å². The predicted octanol–water partition coefficient (Wildman–Crippen LogP) is 2.97. The molecule has 0 bridgehead atoms. The van der Waals surface area contributed by atoms with Crippen LogP contribution in [0.5, 0.6) is 0 Å². The van der Waals surface area contributed by atoms with Crippen LogP contribution in [0.4, 0.5) is 4.39 Å². The quantitative estimate of drug-likeness (QED) is 0.548. The molecule has 0 aliphatic rings. The summed E-state index contributed by atoms with van der Waals surface area (Å²) in [5, 5.41) is 10.7. The van der Waals surface area contributed by atoms with Gasteiger partial charge in [0.2, 0.25) is 0 Å². The highest BCUT2D eigenvalue weighted by Gasteiger charge is 2.22. The number of aliphatic hydroxyl groups is 1. The molecule has 3 aromatic rings. The number of halogens is 1. The van der Waals surface area contributed by atoms with Crippen molar-refractivity contribution in [1.82, 2.24) is 9.55 Å². The van der Waals surface area contributed by atoms with Gasteiger partial charge in [0.15, 0.2) is 0 Å². The zero-order valence-corrected chi connectivity index (χ0v) is 17.8. The average molecular weight is 434 g/mol. The summed E-state index contributed by atoms with van der Waals surface area (Å²) >= 11 is 1.12. The Morgan fingerprint density at radius 1 is 1.33 bits per heavy atom. The number of esters is 1. The molecule has 160 valence electrons. The van der Waals surface area contributed by atoms with E-state index in [0.717, 1.165) is 11.3 Å². The smallest absolute Gasteiger partial charge is 0.348 e. The van der Waals surface area contributed by atoms with Crippen LogP contribution in [0.3, 0.4) is 0 Å². The Morgan fingerprint density at radius 3 is 2.77 bits per heavy atom. The van der Waals surface area contributed by atoms with Crippen LogP contribution in [-0.2, 0) is 22.6 Å². The summed E-state index contributed by atoms with van der Waals surface area (Å²) in [6, 6.07) is 6.24. The second-order valence-corrected chi connectivity index (χ2v) is 7.79. The van der Waals surface area contributed by atoms with E-state index in [1.807, 2.05) is 0 Å². The summed E-state index contributed by atoms with van der Waals surface area (Å²) < 4.78 is 25.4. The van der Waals surface area contributed by atoms with Crippen molar-refractivity contribution in [3.8, 4) is 0 Å². The summed E-state index contributed by atoms with van der Waals surface area (Å²) in [5.41, 5.74) is 0.571. The number of aromatic nitrogens is 2. The van der Waals surface area contributed by atoms with E-state index in [2.05, 4.69) is 4.98 Å². The average Bonchev–Trinajstić information content (AvgIpc) is 3.03. The molecule has 1 N–H and O–H groups in total. The molecule has 0 spiro atoms. The Hall–Kier alpha value is -2.62. The second-order valence-electron chi connectivity index (χ2n) is 6.79. The minimum absolute atomic E-state index is 0.0153. The maximum absolute atomic E-state index is 13.6. The highest BCUT2D eigenvalue weighted by molar-refractivity contribution is 7.20. The molecule has 30 heavy (non-hydrogen) atoms. The molecule has 9 heteroatoms. The van der Waals surface area contributed by atoms with Crippen molar-refractivity contribution >= 4 is 27.5 Å². The van der Waals surface area contributed by atoms with E-state index in [1.165, 1.54) is 10.6 Å². The fraction of sp³-hybridized carbons (Fsp3) is 0.381. The van der Waals surface area contributed by atoms with Gasteiger partial charge in [-0.15, -0.1) is 11.3 Å². The largest absolute Gasteiger partial charge is 0.462 e. The highest BCUT2D eigenvalue weighted by Crippen LogP contribution is 2.28. The summed E-state index contributed by atoms with van der Waals surface area (Å²) in [4.78, 5) is 30.4. The number of aliphatic hydroxyl groups excluding tert-OH is 1. The normalized spacial score (nSPS) is 12.3. The van der Waals surface area contributed by atoms with Crippen LogP contribution < -0.4 is 5.56 Å². The van der Waals surface area contributed by atoms with Crippen LogP contribution in [0, 0.1) is 19.7 Å². The molecule has 0 radical (unpaired) electrons. The fourth-order valence-corrected chi connectivity index (χ4v) is 4.22. The molecule has 0 saturated heterocycles. The van der Waals surface area contributed by atoms with Crippen LogP contribution in [0.1, 0.15) is 33.5 Å². The third-order valence-corrected chi connectivity index (χ3v) is 5.79. The fourth-order valence-electron chi connectivity index (χ4n) is 3.11. The Bertz CT molecular complexity index is 1120. The maximum atomic E-state index is 13.6. The zero-order chi connectivity index (χ0) is 21.8. The molecular formula is C21H23FN2O5S. The molecule has 1 atom stereocenters. The van der Waals surface area contributed by atoms with Crippen LogP contribution in [0.15, 0.2) is 29.1 Å². The number of carbonyl (C=O) groups excluding carboxylic acids is 1. The number of thiophene rings is 1. The Balaban J connectivity index is 1.77. The number of ether oxygens (including phenoxy) is 2. The topological polar surface area (TPSA) is 90.7 Å². The summed E-state index contributed by atoms with van der Waals surface area (Å²) in [7, 11) is 0. The molecule has 0 saturated carbocycles. The SMILES string of the molecule is CCOC(=O)c1sc2nc(C)n(C[C@@H](O)COCc3ccccc3F)c(=O)c2c1C. The standard InChI is InChI=1S/C21H23FN2O5S/c1-4-29-21(27)18-12(2)17-19(30-18)23-13(3)24(20(17)26)9-15(25)11-28-10-14-7-5-6-8-16(14)22/h5-8,15,25H,4,9-11H2,1-3H3/t15-/m1/s1. The van der Waals surface area contributed by atoms with Gasteiger partial charge in [-0.3, -0.25) is 9.36 Å². The summed E-state index contributed by atoms with van der Waals surface area (Å²) in [6.07, 6.45) is -0.990. The highest BCUT2D eigenvalue weighted by atomic mass is 32.1. The van der Waals surface area contributed by atoms with Crippen LogP contribution in [-0.4, -0.2) is 39.9 Å². The van der Waals surface area contributed by atoms with Gasteiger partial charge in [0.25, 0.3) is 5.56 Å². The molecular weight excluding hydrogens is 411 g/mol. The number of carbonyl (C=O) groups is 1. The molecule has 0 unspecified atom stereocenters. The van der Waals surface area contributed by atoms with Gasteiger partial charge >= 0.3 is 5.97 Å². The third kappa shape index (κ3) is 4.58. The Morgan fingerprint density at radius 2 is 2.07 bits per heavy atom. The van der Waals surface area contributed by atoms with Gasteiger partial charge in [-0.2, -0.15) is 0 Å². The lowest BCUT2D eigenvalue weighted by Gasteiger charge is -2.15. The first-order valence-electron chi connectivity index (χ1n) is 9.50. The molecule has 7 nitrogen and oxygen atoms in total. The van der Waals surface area contributed by atoms with E-state index in [1.54, 1.807) is 39.0 Å². The number of aryl methyl sites for hydroxylation is 2. The van der Waals surface area contributed by atoms with E-state index in [4.69, 9.17) is 9.47 Å². The maximum Gasteiger partial charge on any atom is 0.348 e. The predicted molar refractivity (Wildman–Crippen MR) is 111 cm³/mol. The molecule has 0 aliphatic heterocycles. The second kappa shape index (κ2) is 9.46. The number of benzene rings is 1.